The molecule has 1 atom stereocenters. The normalized spacial score (nSPS) is 20.2. The Morgan fingerprint density at radius 1 is 1.19 bits per heavy atom. The Morgan fingerprint density at radius 3 is 2.72 bits per heavy atom. The van der Waals surface area contributed by atoms with E-state index in [1.54, 1.807) is 25.5 Å². The van der Waals surface area contributed by atoms with E-state index in [-0.39, 0.29) is 17.3 Å². The summed E-state index contributed by atoms with van der Waals surface area (Å²) in [5.41, 5.74) is 1.80. The zero-order chi connectivity index (χ0) is 22.2. The van der Waals surface area contributed by atoms with Gasteiger partial charge in [0.05, 0.1) is 18.1 Å². The first-order valence-electron chi connectivity index (χ1n) is 11.0. The number of anilines is 1. The van der Waals surface area contributed by atoms with Gasteiger partial charge in [-0.05, 0) is 37.9 Å². The van der Waals surface area contributed by atoms with Gasteiger partial charge in [0.2, 0.25) is 0 Å². The van der Waals surface area contributed by atoms with E-state index in [0.29, 0.717) is 11.7 Å². The second kappa shape index (κ2) is 8.34. The molecule has 0 aliphatic carbocycles. The molecular formula is C22H26FN7O2. The number of aromatic amines is 1. The van der Waals surface area contributed by atoms with Crippen LogP contribution in [0.15, 0.2) is 35.5 Å². The number of pyridine rings is 1. The molecule has 2 aliphatic heterocycles. The van der Waals surface area contributed by atoms with E-state index in [2.05, 4.69) is 30.2 Å². The van der Waals surface area contributed by atoms with Crippen LogP contribution in [0.2, 0.25) is 0 Å². The second-order valence-electron chi connectivity index (χ2n) is 8.50. The number of likely N-dealkylation sites (tertiary alicyclic amines) is 1. The molecule has 32 heavy (non-hydrogen) atoms. The van der Waals surface area contributed by atoms with Gasteiger partial charge in [-0.15, -0.1) is 0 Å². The second-order valence-corrected chi connectivity index (χ2v) is 8.50. The van der Waals surface area contributed by atoms with Crippen molar-refractivity contribution >= 4 is 17.1 Å². The Labute approximate surface area is 184 Å². The van der Waals surface area contributed by atoms with Crippen molar-refractivity contribution in [3.63, 3.8) is 0 Å². The zero-order valence-electron chi connectivity index (χ0n) is 17.9. The summed E-state index contributed by atoms with van der Waals surface area (Å²) in [5, 5.41) is 6.54. The molecule has 2 N–H and O–H groups in total. The molecule has 168 valence electrons. The molecule has 3 aromatic rings. The first kappa shape index (κ1) is 20.6. The van der Waals surface area contributed by atoms with Crippen LogP contribution < -0.4 is 15.8 Å². The molecule has 0 bridgehead atoms. The molecule has 0 aromatic carbocycles. The maximum absolute atomic E-state index is 13.7. The summed E-state index contributed by atoms with van der Waals surface area (Å²) < 4.78 is 15.1. The van der Waals surface area contributed by atoms with Gasteiger partial charge >= 0.3 is 0 Å². The third-order valence-corrected chi connectivity index (χ3v) is 6.70. The van der Waals surface area contributed by atoms with Crippen LogP contribution in [0.25, 0.3) is 5.52 Å². The predicted molar refractivity (Wildman–Crippen MR) is 118 cm³/mol. The number of nitrogens with zero attached hydrogens (tertiary/aromatic N) is 5. The number of fused-ring (bicyclic) bond motifs is 1. The fourth-order valence-electron chi connectivity index (χ4n) is 4.91. The van der Waals surface area contributed by atoms with Gasteiger partial charge in [0.15, 0.2) is 11.3 Å². The van der Waals surface area contributed by atoms with E-state index in [4.69, 9.17) is 0 Å². The van der Waals surface area contributed by atoms with Gasteiger partial charge in [0.25, 0.3) is 11.5 Å². The number of amides is 1. The molecule has 1 amide bonds. The van der Waals surface area contributed by atoms with Crippen molar-refractivity contribution in [1.29, 1.82) is 0 Å². The number of H-pyrrole nitrogens is 1. The third kappa shape index (κ3) is 3.75. The highest BCUT2D eigenvalue weighted by Crippen LogP contribution is 2.30. The Bertz CT molecular complexity index is 1180. The van der Waals surface area contributed by atoms with Crippen LogP contribution in [0.4, 0.5) is 10.1 Å². The van der Waals surface area contributed by atoms with E-state index in [0.717, 1.165) is 63.0 Å². The van der Waals surface area contributed by atoms with Crippen LogP contribution in [0.5, 0.6) is 0 Å². The van der Waals surface area contributed by atoms with Crippen molar-refractivity contribution in [3.8, 4) is 0 Å². The summed E-state index contributed by atoms with van der Waals surface area (Å²) in [6.45, 7) is 3.72. The lowest BCUT2D eigenvalue weighted by Gasteiger charge is -2.37. The number of rotatable bonds is 4. The van der Waals surface area contributed by atoms with Gasteiger partial charge in [-0.25, -0.2) is 13.9 Å². The Morgan fingerprint density at radius 2 is 2.00 bits per heavy atom. The maximum atomic E-state index is 13.7. The predicted octanol–water partition coefficient (Wildman–Crippen LogP) is 1.37. The smallest absolute Gasteiger partial charge is 0.277 e. The van der Waals surface area contributed by atoms with Crippen molar-refractivity contribution in [3.05, 3.63) is 58.3 Å². The molecule has 2 saturated heterocycles. The van der Waals surface area contributed by atoms with Gasteiger partial charge in [0.1, 0.15) is 5.69 Å². The highest BCUT2D eigenvalue weighted by Gasteiger charge is 2.32. The number of nitrogens with one attached hydrogen (secondary N) is 2. The van der Waals surface area contributed by atoms with E-state index in [1.807, 2.05) is 6.07 Å². The minimum Gasteiger partial charge on any atom is -0.370 e. The lowest BCUT2D eigenvalue weighted by molar-refractivity contribution is 0.0958. The van der Waals surface area contributed by atoms with Crippen molar-refractivity contribution in [2.24, 2.45) is 0 Å². The molecule has 9 nitrogen and oxygen atoms in total. The molecule has 10 heteroatoms. The number of hydrogen-bond acceptors (Lipinski definition) is 6. The van der Waals surface area contributed by atoms with Crippen LogP contribution in [0.1, 0.15) is 41.4 Å². The summed E-state index contributed by atoms with van der Waals surface area (Å²) in [6, 6.07) is 4.20. The lowest BCUT2D eigenvalue weighted by atomic mass is 10.0. The summed E-state index contributed by atoms with van der Waals surface area (Å²) in [7, 11) is 1.60. The number of piperidine rings is 1. The molecule has 0 spiro atoms. The summed E-state index contributed by atoms with van der Waals surface area (Å²) in [6.07, 6.45) is 7.63. The lowest BCUT2D eigenvalue weighted by Crippen LogP contribution is -2.44. The number of carbonyl (C=O) groups is 1. The van der Waals surface area contributed by atoms with Crippen molar-refractivity contribution in [2.75, 3.05) is 38.1 Å². The van der Waals surface area contributed by atoms with Gasteiger partial charge < -0.3 is 15.2 Å². The van der Waals surface area contributed by atoms with Crippen LogP contribution in [0.3, 0.4) is 0 Å². The quantitative estimate of drug-likeness (QED) is 0.637. The third-order valence-electron chi connectivity index (χ3n) is 6.70. The SMILES string of the molecule is CNC(=O)c1ccc(N2CCC(N3CCC(c4cn5ncc(F)c5c(=O)[nH]4)C3)CC2)cn1. The number of aromatic nitrogens is 4. The van der Waals surface area contributed by atoms with E-state index < -0.39 is 11.4 Å². The summed E-state index contributed by atoms with van der Waals surface area (Å²) >= 11 is 0. The molecule has 3 aromatic heterocycles. The number of halogens is 1. The largest absolute Gasteiger partial charge is 0.370 e. The van der Waals surface area contributed by atoms with Crippen LogP contribution in [-0.4, -0.2) is 69.7 Å². The van der Waals surface area contributed by atoms with Gasteiger partial charge in [-0.1, -0.05) is 0 Å². The molecule has 0 radical (unpaired) electrons. The highest BCUT2D eigenvalue weighted by atomic mass is 19.1. The van der Waals surface area contributed by atoms with Crippen molar-refractivity contribution < 1.29 is 9.18 Å². The van der Waals surface area contributed by atoms with E-state index in [1.165, 1.54) is 4.52 Å². The molecule has 2 fully saturated rings. The fraction of sp³-hybridized carbons (Fsp3) is 0.455. The first-order chi connectivity index (χ1) is 15.5. The summed E-state index contributed by atoms with van der Waals surface area (Å²) in [4.78, 5) is 35.9. The van der Waals surface area contributed by atoms with Crippen molar-refractivity contribution in [2.45, 2.75) is 31.2 Å². The van der Waals surface area contributed by atoms with Crippen LogP contribution in [-0.2, 0) is 0 Å². The minimum atomic E-state index is -0.601. The standard InChI is InChI=1S/C22H26FN7O2/c1-24-21(31)18-3-2-16(10-25-18)28-8-5-15(6-9-28)29-7-4-14(12-29)19-13-30-20(22(32)27-19)17(23)11-26-30/h2-3,10-11,13-15H,4-9,12H2,1H3,(H,24,31)(H,27,32). The molecule has 5 heterocycles. The van der Waals surface area contributed by atoms with E-state index in [9.17, 15) is 14.0 Å². The fourth-order valence-corrected chi connectivity index (χ4v) is 4.91. The minimum absolute atomic E-state index is 0.0335. The highest BCUT2D eigenvalue weighted by molar-refractivity contribution is 5.92. The van der Waals surface area contributed by atoms with Crippen LogP contribution >= 0.6 is 0 Å². The van der Waals surface area contributed by atoms with E-state index >= 15 is 0 Å². The molecule has 0 saturated carbocycles. The number of hydrogen-bond donors (Lipinski definition) is 2. The average molecular weight is 439 g/mol. The maximum Gasteiger partial charge on any atom is 0.277 e. The number of carbonyl (C=O) groups excluding carboxylic acids is 1. The summed E-state index contributed by atoms with van der Waals surface area (Å²) in [5.74, 6) is -0.577. The monoisotopic (exact) mass is 439 g/mol. The Hall–Kier alpha value is -3.27. The molecular weight excluding hydrogens is 413 g/mol. The van der Waals surface area contributed by atoms with Crippen LogP contribution in [0, 0.1) is 5.82 Å². The Balaban J connectivity index is 1.20. The van der Waals surface area contributed by atoms with Gasteiger partial charge in [0, 0.05) is 50.5 Å². The van der Waals surface area contributed by atoms with Gasteiger partial charge in [-0.3, -0.25) is 14.5 Å². The zero-order valence-corrected chi connectivity index (χ0v) is 17.9. The topological polar surface area (TPSA) is 98.6 Å². The molecule has 2 aliphatic rings. The first-order valence-corrected chi connectivity index (χ1v) is 11.0. The van der Waals surface area contributed by atoms with Gasteiger partial charge in [-0.2, -0.15) is 5.10 Å². The van der Waals surface area contributed by atoms with Crippen molar-refractivity contribution in [1.82, 2.24) is 29.8 Å². The molecule has 5 rings (SSSR count). The average Bonchev–Trinajstić information content (AvgIpc) is 3.46. The Kier molecular flexibility index (Phi) is 5.38. The molecule has 1 unspecified atom stereocenters.